The van der Waals surface area contributed by atoms with Gasteiger partial charge in [0.2, 0.25) is 5.88 Å². The fourth-order valence-corrected chi connectivity index (χ4v) is 6.73. The lowest BCUT2D eigenvalue weighted by atomic mass is 9.58. The summed E-state index contributed by atoms with van der Waals surface area (Å²) >= 11 is 0. The highest BCUT2D eigenvalue weighted by Crippen LogP contribution is 2.52. The van der Waals surface area contributed by atoms with Crippen LogP contribution in [0.4, 0.5) is 19.0 Å². The number of amides is 1. The average molecular weight is 569 g/mol. The molecule has 2 aliphatic carbocycles. The van der Waals surface area contributed by atoms with Crippen LogP contribution in [0.25, 0.3) is 0 Å². The first-order chi connectivity index (χ1) is 19.4. The van der Waals surface area contributed by atoms with Gasteiger partial charge in [0.1, 0.15) is 18.0 Å². The standard InChI is InChI=1S/C30H35F3N6O2/c1-5-41-25-12-20(29(13-18(2)14-29)27-37-35-17-38(27)4)11-24(36-25)39-16-22-21(26(39)40)9-19(10-23(22)30(31,32)33)15-34-28(3)7-6-8-28/h9-12,17-18,34H,5-8,13-16H2,1-4H3/t18-,29+. The third-order valence-electron chi connectivity index (χ3n) is 9.03. The number of nitrogens with zero attached hydrogens (tertiary/aromatic N) is 5. The molecule has 0 saturated heterocycles. The van der Waals surface area contributed by atoms with Crippen LogP contribution in [-0.2, 0) is 31.7 Å². The van der Waals surface area contributed by atoms with Gasteiger partial charge in [-0.25, -0.2) is 0 Å². The summed E-state index contributed by atoms with van der Waals surface area (Å²) in [4.78, 5) is 19.7. The summed E-state index contributed by atoms with van der Waals surface area (Å²) in [6.07, 6.45) is 1.75. The maximum Gasteiger partial charge on any atom is 0.416 e. The van der Waals surface area contributed by atoms with Crippen LogP contribution in [0.1, 0.15) is 91.3 Å². The van der Waals surface area contributed by atoms with E-state index in [4.69, 9.17) is 4.74 Å². The summed E-state index contributed by atoms with van der Waals surface area (Å²) < 4.78 is 50.6. The molecule has 1 aliphatic heterocycles. The van der Waals surface area contributed by atoms with Crippen LogP contribution in [0.5, 0.6) is 5.88 Å². The molecular weight excluding hydrogens is 533 g/mol. The average Bonchev–Trinajstić information content (AvgIpc) is 3.46. The lowest BCUT2D eigenvalue weighted by molar-refractivity contribution is -0.138. The number of ether oxygens (including phenoxy) is 1. The summed E-state index contributed by atoms with van der Waals surface area (Å²) in [5.74, 6) is 1.33. The second kappa shape index (κ2) is 9.82. The SMILES string of the molecule is CCOc1cc([C@]2(c3nncn3C)C[C@@H](C)C2)cc(N2Cc3c(cc(CNC4(C)CCC4)cc3C(F)(F)F)C2=O)n1. The second-order valence-electron chi connectivity index (χ2n) is 12.2. The summed E-state index contributed by atoms with van der Waals surface area (Å²) in [5, 5.41) is 11.9. The first-order valence-electron chi connectivity index (χ1n) is 14.2. The number of rotatable bonds is 8. The highest BCUT2D eigenvalue weighted by Gasteiger charge is 2.49. The number of benzene rings is 1. The maximum atomic E-state index is 14.3. The quantitative estimate of drug-likeness (QED) is 0.384. The topological polar surface area (TPSA) is 85.2 Å². The van der Waals surface area contributed by atoms with Crippen LogP contribution >= 0.6 is 0 Å². The first-order valence-corrected chi connectivity index (χ1v) is 14.2. The number of fused-ring (bicyclic) bond motifs is 1. The number of carbonyl (C=O) groups excluding carboxylic acids is 1. The van der Waals surface area contributed by atoms with Crippen molar-refractivity contribution in [3.8, 4) is 5.88 Å². The maximum absolute atomic E-state index is 14.3. The smallest absolute Gasteiger partial charge is 0.416 e. The number of alkyl halides is 3. The van der Waals surface area contributed by atoms with Crippen molar-refractivity contribution in [2.24, 2.45) is 13.0 Å². The van der Waals surface area contributed by atoms with Gasteiger partial charge >= 0.3 is 6.18 Å². The molecule has 11 heteroatoms. The molecule has 1 N–H and O–H groups in total. The van der Waals surface area contributed by atoms with Crippen molar-refractivity contribution in [2.45, 2.75) is 83.1 Å². The lowest BCUT2D eigenvalue weighted by Gasteiger charge is -2.46. The molecule has 0 spiro atoms. The Kier molecular flexibility index (Phi) is 6.63. The summed E-state index contributed by atoms with van der Waals surface area (Å²) in [6.45, 7) is 6.48. The molecule has 0 radical (unpaired) electrons. The van der Waals surface area contributed by atoms with E-state index in [1.54, 1.807) is 18.5 Å². The van der Waals surface area contributed by atoms with Gasteiger partial charge in [-0.1, -0.05) is 6.92 Å². The van der Waals surface area contributed by atoms with Crippen LogP contribution < -0.4 is 15.0 Å². The summed E-state index contributed by atoms with van der Waals surface area (Å²) in [7, 11) is 1.89. The predicted octanol–water partition coefficient (Wildman–Crippen LogP) is 5.54. The Morgan fingerprint density at radius 1 is 1.17 bits per heavy atom. The zero-order valence-corrected chi connectivity index (χ0v) is 23.8. The number of pyridine rings is 1. The van der Waals surface area contributed by atoms with Gasteiger partial charge < -0.3 is 14.6 Å². The van der Waals surface area contributed by atoms with Crippen LogP contribution in [-0.4, -0.2) is 37.8 Å². The van der Waals surface area contributed by atoms with Crippen molar-refractivity contribution in [2.75, 3.05) is 11.5 Å². The number of halogens is 3. The predicted molar refractivity (Wildman–Crippen MR) is 147 cm³/mol. The highest BCUT2D eigenvalue weighted by molar-refractivity contribution is 6.10. The zero-order valence-electron chi connectivity index (χ0n) is 23.8. The molecule has 3 aromatic rings. The van der Waals surface area contributed by atoms with Crippen molar-refractivity contribution in [1.82, 2.24) is 25.1 Å². The van der Waals surface area contributed by atoms with E-state index in [1.165, 1.54) is 11.0 Å². The van der Waals surface area contributed by atoms with E-state index in [0.29, 0.717) is 24.0 Å². The van der Waals surface area contributed by atoms with Gasteiger partial charge in [-0.15, -0.1) is 10.2 Å². The Morgan fingerprint density at radius 3 is 2.51 bits per heavy atom. The Bertz CT molecular complexity index is 1490. The van der Waals surface area contributed by atoms with E-state index >= 15 is 0 Å². The fourth-order valence-electron chi connectivity index (χ4n) is 6.73. The molecule has 1 amide bonds. The molecule has 3 aliphatic rings. The molecular formula is C30H35F3N6O2. The van der Waals surface area contributed by atoms with Gasteiger partial charge in [0.05, 0.1) is 24.1 Å². The third kappa shape index (κ3) is 4.77. The minimum atomic E-state index is -4.60. The Labute approximate surface area is 237 Å². The van der Waals surface area contributed by atoms with Crippen LogP contribution in [0, 0.1) is 5.92 Å². The van der Waals surface area contributed by atoms with Crippen molar-refractivity contribution in [3.63, 3.8) is 0 Å². The van der Waals surface area contributed by atoms with E-state index < -0.39 is 23.1 Å². The zero-order chi connectivity index (χ0) is 29.2. The van der Waals surface area contributed by atoms with Crippen LogP contribution in [0.2, 0.25) is 0 Å². The molecule has 0 unspecified atom stereocenters. The molecule has 41 heavy (non-hydrogen) atoms. The number of hydrogen-bond donors (Lipinski definition) is 1. The van der Waals surface area contributed by atoms with E-state index in [2.05, 4.69) is 34.3 Å². The minimum Gasteiger partial charge on any atom is -0.478 e. The normalized spacial score (nSPS) is 23.2. The number of nitrogens with one attached hydrogen (secondary N) is 1. The summed E-state index contributed by atoms with van der Waals surface area (Å²) in [6, 6.07) is 6.44. The van der Waals surface area contributed by atoms with E-state index in [9.17, 15) is 18.0 Å². The molecule has 218 valence electrons. The highest BCUT2D eigenvalue weighted by atomic mass is 19.4. The van der Waals surface area contributed by atoms with Crippen LogP contribution in [0.3, 0.4) is 0 Å². The molecule has 0 atom stereocenters. The molecule has 3 heterocycles. The van der Waals surface area contributed by atoms with E-state index in [-0.39, 0.29) is 35.6 Å². The van der Waals surface area contributed by atoms with Gasteiger partial charge in [-0.05, 0) is 86.8 Å². The van der Waals surface area contributed by atoms with Gasteiger partial charge in [0, 0.05) is 30.8 Å². The Hall–Kier alpha value is -3.47. The molecule has 8 nitrogen and oxygen atoms in total. The lowest BCUT2D eigenvalue weighted by Crippen LogP contribution is -2.47. The van der Waals surface area contributed by atoms with Crippen molar-refractivity contribution >= 4 is 11.7 Å². The third-order valence-corrected chi connectivity index (χ3v) is 9.03. The number of carbonyl (C=O) groups is 1. The first kappa shape index (κ1) is 27.7. The van der Waals surface area contributed by atoms with Crippen LogP contribution in [0.15, 0.2) is 30.6 Å². The summed E-state index contributed by atoms with van der Waals surface area (Å²) in [5.41, 5.74) is 0.0422. The van der Waals surface area contributed by atoms with Crippen molar-refractivity contribution in [1.29, 1.82) is 0 Å². The monoisotopic (exact) mass is 568 g/mol. The van der Waals surface area contributed by atoms with Crippen molar-refractivity contribution < 1.29 is 22.7 Å². The van der Waals surface area contributed by atoms with Gasteiger partial charge in [-0.3, -0.25) is 9.69 Å². The molecule has 2 aromatic heterocycles. The van der Waals surface area contributed by atoms with Gasteiger partial charge in [0.15, 0.2) is 0 Å². The van der Waals surface area contributed by atoms with Gasteiger partial charge in [-0.2, -0.15) is 18.2 Å². The second-order valence-corrected chi connectivity index (χ2v) is 12.2. The van der Waals surface area contributed by atoms with E-state index in [1.807, 2.05) is 24.6 Å². The number of hydrogen-bond acceptors (Lipinski definition) is 6. The van der Waals surface area contributed by atoms with Crippen molar-refractivity contribution in [3.05, 3.63) is 64.2 Å². The number of aryl methyl sites for hydroxylation is 1. The molecule has 2 saturated carbocycles. The Morgan fingerprint density at radius 2 is 1.93 bits per heavy atom. The molecule has 1 aromatic carbocycles. The minimum absolute atomic E-state index is 0.0217. The molecule has 6 rings (SSSR count). The number of anilines is 1. The molecule has 2 fully saturated rings. The van der Waals surface area contributed by atoms with E-state index in [0.717, 1.165) is 43.5 Å². The fraction of sp³-hybridized carbons (Fsp3) is 0.533. The molecule has 0 bridgehead atoms. The largest absolute Gasteiger partial charge is 0.478 e. The number of aromatic nitrogens is 4. The Balaban J connectivity index is 1.40. The van der Waals surface area contributed by atoms with Gasteiger partial charge in [0.25, 0.3) is 5.91 Å².